The second-order valence-electron chi connectivity index (χ2n) is 4.26. The Kier molecular flexibility index (Phi) is 3.33. The number of benzene rings is 1. The van der Waals surface area contributed by atoms with Crippen LogP contribution >= 0.6 is 11.8 Å². The van der Waals surface area contributed by atoms with Crippen LogP contribution in [-0.2, 0) is 5.67 Å². The largest absolute Gasteiger partial charge is 0.295 e. The zero-order valence-electron chi connectivity index (χ0n) is 9.33. The summed E-state index contributed by atoms with van der Waals surface area (Å²) < 4.78 is 14.6. The van der Waals surface area contributed by atoms with Crippen molar-refractivity contribution in [2.24, 2.45) is 0 Å². The lowest BCUT2D eigenvalue weighted by Crippen LogP contribution is -2.27. The van der Waals surface area contributed by atoms with E-state index in [-0.39, 0.29) is 5.78 Å². The standard InChI is InChI=1S/C13H15FOS/c1-10(15)11-4-2-5-12(8-11)13(14)6-3-7-16-9-13/h2,4-5,8H,3,6-7,9H2,1H3. The molecule has 2 rings (SSSR count). The predicted molar refractivity (Wildman–Crippen MR) is 65.8 cm³/mol. The Hall–Kier alpha value is -0.830. The minimum absolute atomic E-state index is 0.00564. The topological polar surface area (TPSA) is 17.1 Å². The van der Waals surface area contributed by atoms with Crippen LogP contribution in [0.25, 0.3) is 0 Å². The molecule has 1 fully saturated rings. The number of carbonyl (C=O) groups excluding carboxylic acids is 1. The number of carbonyl (C=O) groups is 1. The average molecular weight is 238 g/mol. The lowest BCUT2D eigenvalue weighted by Gasteiger charge is -2.29. The van der Waals surface area contributed by atoms with Crippen molar-refractivity contribution in [3.8, 4) is 0 Å². The predicted octanol–water partition coefficient (Wildman–Crippen LogP) is 3.58. The Morgan fingerprint density at radius 2 is 2.31 bits per heavy atom. The average Bonchev–Trinajstić information content (AvgIpc) is 2.30. The molecule has 0 aliphatic carbocycles. The van der Waals surface area contributed by atoms with Crippen molar-refractivity contribution >= 4 is 17.5 Å². The number of hydrogen-bond acceptors (Lipinski definition) is 2. The number of alkyl halides is 1. The van der Waals surface area contributed by atoms with E-state index in [2.05, 4.69) is 0 Å². The first kappa shape index (κ1) is 11.6. The third-order valence-corrected chi connectivity index (χ3v) is 4.22. The molecule has 0 amide bonds. The molecule has 1 atom stereocenters. The number of Topliss-reactive ketones (excluding diaryl/α,β-unsaturated/α-hetero) is 1. The Morgan fingerprint density at radius 3 is 2.94 bits per heavy atom. The van der Waals surface area contributed by atoms with Crippen LogP contribution in [0.1, 0.15) is 35.7 Å². The smallest absolute Gasteiger partial charge is 0.159 e. The molecule has 1 heterocycles. The molecule has 1 aromatic carbocycles. The summed E-state index contributed by atoms with van der Waals surface area (Å²) >= 11 is 1.65. The zero-order chi connectivity index (χ0) is 11.6. The van der Waals surface area contributed by atoms with Crippen molar-refractivity contribution in [3.63, 3.8) is 0 Å². The molecule has 86 valence electrons. The maximum Gasteiger partial charge on any atom is 0.159 e. The van der Waals surface area contributed by atoms with E-state index in [1.54, 1.807) is 36.0 Å². The monoisotopic (exact) mass is 238 g/mol. The van der Waals surface area contributed by atoms with E-state index in [1.165, 1.54) is 6.92 Å². The van der Waals surface area contributed by atoms with Gasteiger partial charge in [0, 0.05) is 11.3 Å². The summed E-state index contributed by atoms with van der Waals surface area (Å²) in [6, 6.07) is 7.00. The highest BCUT2D eigenvalue weighted by Crippen LogP contribution is 2.39. The van der Waals surface area contributed by atoms with Crippen molar-refractivity contribution in [2.45, 2.75) is 25.4 Å². The van der Waals surface area contributed by atoms with Crippen LogP contribution in [0.5, 0.6) is 0 Å². The van der Waals surface area contributed by atoms with Crippen LogP contribution in [0.15, 0.2) is 24.3 Å². The van der Waals surface area contributed by atoms with Gasteiger partial charge in [0.05, 0.1) is 0 Å². The molecule has 0 N–H and O–H groups in total. The van der Waals surface area contributed by atoms with Crippen molar-refractivity contribution < 1.29 is 9.18 Å². The quantitative estimate of drug-likeness (QED) is 0.732. The number of rotatable bonds is 2. The van der Waals surface area contributed by atoms with Crippen LogP contribution < -0.4 is 0 Å². The van der Waals surface area contributed by atoms with Crippen LogP contribution in [0.3, 0.4) is 0 Å². The molecule has 1 saturated heterocycles. The van der Waals surface area contributed by atoms with Crippen molar-refractivity contribution in [2.75, 3.05) is 11.5 Å². The van der Waals surface area contributed by atoms with Gasteiger partial charge in [0.1, 0.15) is 5.67 Å². The molecule has 0 radical (unpaired) electrons. The Bertz CT molecular complexity index is 397. The lowest BCUT2D eigenvalue weighted by atomic mass is 9.91. The molecular formula is C13H15FOS. The van der Waals surface area contributed by atoms with Crippen LogP contribution in [0, 0.1) is 0 Å². The fraction of sp³-hybridized carbons (Fsp3) is 0.462. The molecular weight excluding hydrogens is 223 g/mol. The molecule has 1 nitrogen and oxygen atoms in total. The maximum atomic E-state index is 14.6. The highest BCUT2D eigenvalue weighted by atomic mass is 32.2. The SMILES string of the molecule is CC(=O)c1cccc(C2(F)CCCSC2)c1. The summed E-state index contributed by atoms with van der Waals surface area (Å²) in [4.78, 5) is 11.3. The van der Waals surface area contributed by atoms with Gasteiger partial charge in [-0.3, -0.25) is 4.79 Å². The number of thioether (sulfide) groups is 1. The summed E-state index contributed by atoms with van der Waals surface area (Å²) in [5.74, 6) is 1.54. The van der Waals surface area contributed by atoms with E-state index in [9.17, 15) is 9.18 Å². The lowest BCUT2D eigenvalue weighted by molar-refractivity contribution is 0.101. The molecule has 1 aliphatic heterocycles. The van der Waals surface area contributed by atoms with E-state index < -0.39 is 5.67 Å². The van der Waals surface area contributed by atoms with Gasteiger partial charge < -0.3 is 0 Å². The first-order valence-corrected chi connectivity index (χ1v) is 6.65. The van der Waals surface area contributed by atoms with Crippen molar-refractivity contribution in [3.05, 3.63) is 35.4 Å². The first-order valence-electron chi connectivity index (χ1n) is 5.50. The van der Waals surface area contributed by atoms with E-state index >= 15 is 0 Å². The Labute approximate surface area is 99.4 Å². The highest BCUT2D eigenvalue weighted by Gasteiger charge is 2.34. The van der Waals surface area contributed by atoms with Gasteiger partial charge in [0.2, 0.25) is 0 Å². The first-order chi connectivity index (χ1) is 7.62. The van der Waals surface area contributed by atoms with E-state index in [0.29, 0.717) is 23.3 Å². The van der Waals surface area contributed by atoms with Crippen LogP contribution in [0.2, 0.25) is 0 Å². The van der Waals surface area contributed by atoms with Gasteiger partial charge >= 0.3 is 0 Å². The molecule has 1 unspecified atom stereocenters. The van der Waals surface area contributed by atoms with E-state index in [0.717, 1.165) is 12.2 Å². The van der Waals surface area contributed by atoms with Crippen LogP contribution in [-0.4, -0.2) is 17.3 Å². The summed E-state index contributed by atoms with van der Waals surface area (Å²) in [6.45, 7) is 1.51. The second-order valence-corrected chi connectivity index (χ2v) is 5.36. The molecule has 3 heteroatoms. The van der Waals surface area contributed by atoms with E-state index in [4.69, 9.17) is 0 Å². The van der Waals surface area contributed by atoms with Gasteiger partial charge in [-0.2, -0.15) is 11.8 Å². The Morgan fingerprint density at radius 1 is 1.50 bits per heavy atom. The number of halogens is 1. The van der Waals surface area contributed by atoms with Gasteiger partial charge in [-0.25, -0.2) is 4.39 Å². The minimum Gasteiger partial charge on any atom is -0.295 e. The van der Waals surface area contributed by atoms with Crippen molar-refractivity contribution in [1.82, 2.24) is 0 Å². The zero-order valence-corrected chi connectivity index (χ0v) is 10.1. The molecule has 0 aromatic heterocycles. The normalized spacial score (nSPS) is 25.4. The third-order valence-electron chi connectivity index (χ3n) is 2.98. The summed E-state index contributed by atoms with van der Waals surface area (Å²) in [6.07, 6.45) is 1.48. The molecule has 16 heavy (non-hydrogen) atoms. The minimum atomic E-state index is -1.24. The summed E-state index contributed by atoms with van der Waals surface area (Å²) in [5.41, 5.74) is 0.0199. The molecule has 0 saturated carbocycles. The Balaban J connectivity index is 2.31. The fourth-order valence-electron chi connectivity index (χ4n) is 2.01. The number of hydrogen-bond donors (Lipinski definition) is 0. The van der Waals surface area contributed by atoms with Gasteiger partial charge in [-0.15, -0.1) is 0 Å². The molecule has 0 spiro atoms. The second kappa shape index (κ2) is 4.58. The van der Waals surface area contributed by atoms with E-state index in [1.807, 2.05) is 0 Å². The number of ketones is 1. The summed E-state index contributed by atoms with van der Waals surface area (Å²) in [7, 11) is 0. The van der Waals surface area contributed by atoms with Crippen molar-refractivity contribution in [1.29, 1.82) is 0 Å². The molecule has 1 aromatic rings. The fourth-order valence-corrected chi connectivity index (χ4v) is 3.13. The van der Waals surface area contributed by atoms with Gasteiger partial charge in [0.15, 0.2) is 5.78 Å². The van der Waals surface area contributed by atoms with Crippen LogP contribution in [0.4, 0.5) is 4.39 Å². The molecule has 0 bridgehead atoms. The van der Waals surface area contributed by atoms with Gasteiger partial charge in [0.25, 0.3) is 0 Å². The maximum absolute atomic E-state index is 14.6. The van der Waals surface area contributed by atoms with Gasteiger partial charge in [-0.1, -0.05) is 18.2 Å². The summed E-state index contributed by atoms with van der Waals surface area (Å²) in [5, 5.41) is 0. The highest BCUT2D eigenvalue weighted by molar-refractivity contribution is 7.99. The van der Waals surface area contributed by atoms with Gasteiger partial charge in [-0.05, 0) is 37.1 Å². The third kappa shape index (κ3) is 2.29. The molecule has 1 aliphatic rings.